The molecule has 2 heterocycles. The van der Waals surface area contributed by atoms with Crippen LogP contribution in [0.15, 0.2) is 45.8 Å². The molecule has 3 rings (SSSR count). The van der Waals surface area contributed by atoms with Crippen molar-refractivity contribution in [3.63, 3.8) is 0 Å². The van der Waals surface area contributed by atoms with Gasteiger partial charge in [-0.1, -0.05) is 12.1 Å². The van der Waals surface area contributed by atoms with Gasteiger partial charge in [-0.15, -0.1) is 0 Å². The van der Waals surface area contributed by atoms with Gasteiger partial charge in [0.25, 0.3) is 5.56 Å². The summed E-state index contributed by atoms with van der Waals surface area (Å²) >= 11 is 0. The third kappa shape index (κ3) is 0.836. The number of benzene rings is 1. The summed E-state index contributed by atoms with van der Waals surface area (Å²) in [6, 6.07) is 9.27. The molecular weight excluding hydrogens is 178 g/mol. The number of rotatable bonds is 0. The largest absolute Gasteiger partial charge is 0.463 e. The minimum Gasteiger partial charge on any atom is -0.463 e. The molecule has 0 fully saturated rings. The van der Waals surface area contributed by atoms with Gasteiger partial charge < -0.3 is 9.40 Å². The van der Waals surface area contributed by atoms with E-state index in [1.165, 1.54) is 6.26 Å². The van der Waals surface area contributed by atoms with Crippen molar-refractivity contribution >= 4 is 21.9 Å². The van der Waals surface area contributed by atoms with Gasteiger partial charge in [0.2, 0.25) is 0 Å². The number of furan rings is 1. The molecule has 0 unspecified atom stereocenters. The van der Waals surface area contributed by atoms with Crippen LogP contribution in [-0.4, -0.2) is 4.98 Å². The van der Waals surface area contributed by atoms with Crippen LogP contribution in [0.2, 0.25) is 0 Å². The third-order valence-corrected chi connectivity index (χ3v) is 2.33. The molecule has 3 heteroatoms. The highest BCUT2D eigenvalue weighted by Crippen LogP contribution is 2.20. The molecule has 0 amide bonds. The van der Waals surface area contributed by atoms with Gasteiger partial charge in [-0.05, 0) is 18.2 Å². The van der Waals surface area contributed by atoms with E-state index in [1.807, 2.05) is 24.3 Å². The number of pyridine rings is 1. The van der Waals surface area contributed by atoms with Crippen molar-refractivity contribution in [1.82, 2.24) is 4.98 Å². The van der Waals surface area contributed by atoms with Crippen LogP contribution in [0.1, 0.15) is 0 Å². The fourth-order valence-corrected chi connectivity index (χ4v) is 1.68. The average molecular weight is 185 g/mol. The molecular formula is C11H7NO2. The highest BCUT2D eigenvalue weighted by molar-refractivity contribution is 6.01. The summed E-state index contributed by atoms with van der Waals surface area (Å²) in [4.78, 5) is 14.3. The Bertz CT molecular complexity index is 663. The van der Waals surface area contributed by atoms with Crippen molar-refractivity contribution < 1.29 is 4.42 Å². The highest BCUT2D eigenvalue weighted by Gasteiger charge is 2.06. The van der Waals surface area contributed by atoms with E-state index >= 15 is 0 Å². The van der Waals surface area contributed by atoms with Crippen molar-refractivity contribution in [1.29, 1.82) is 0 Å². The quantitative estimate of drug-likeness (QED) is 0.584. The molecule has 0 radical (unpaired) electrons. The summed E-state index contributed by atoms with van der Waals surface area (Å²) < 4.78 is 5.29. The van der Waals surface area contributed by atoms with Gasteiger partial charge in [0, 0.05) is 5.39 Å². The summed E-state index contributed by atoms with van der Waals surface area (Å²) in [5.41, 5.74) is 1.36. The lowest BCUT2D eigenvalue weighted by Gasteiger charge is -1.96. The van der Waals surface area contributed by atoms with Gasteiger partial charge >= 0.3 is 0 Å². The molecule has 3 aromatic rings. The molecule has 0 aliphatic rings. The van der Waals surface area contributed by atoms with Crippen LogP contribution in [0.4, 0.5) is 0 Å². The van der Waals surface area contributed by atoms with Crippen molar-refractivity contribution in [3.05, 3.63) is 46.9 Å². The maximum Gasteiger partial charge on any atom is 0.259 e. The monoisotopic (exact) mass is 185 g/mol. The van der Waals surface area contributed by atoms with Crippen LogP contribution in [0.5, 0.6) is 0 Å². The summed E-state index contributed by atoms with van der Waals surface area (Å²) in [6.07, 6.45) is 1.53. The number of H-pyrrole nitrogens is 1. The second-order valence-corrected chi connectivity index (χ2v) is 3.16. The zero-order valence-corrected chi connectivity index (χ0v) is 7.28. The predicted octanol–water partition coefficient (Wildman–Crippen LogP) is 2.27. The molecule has 0 saturated carbocycles. The van der Waals surface area contributed by atoms with E-state index < -0.39 is 0 Å². The number of aromatic amines is 1. The molecule has 14 heavy (non-hydrogen) atoms. The van der Waals surface area contributed by atoms with Crippen molar-refractivity contribution in [2.24, 2.45) is 0 Å². The first-order valence-corrected chi connectivity index (χ1v) is 4.34. The first kappa shape index (κ1) is 7.38. The van der Waals surface area contributed by atoms with E-state index in [2.05, 4.69) is 4.98 Å². The predicted molar refractivity (Wildman–Crippen MR) is 54.3 cm³/mol. The van der Waals surface area contributed by atoms with Crippen LogP contribution < -0.4 is 5.56 Å². The number of hydrogen-bond donors (Lipinski definition) is 1. The lowest BCUT2D eigenvalue weighted by Crippen LogP contribution is -2.04. The van der Waals surface area contributed by atoms with Crippen LogP contribution >= 0.6 is 0 Å². The van der Waals surface area contributed by atoms with Crippen molar-refractivity contribution in [2.75, 3.05) is 0 Å². The van der Waals surface area contributed by atoms with E-state index in [0.29, 0.717) is 11.0 Å². The van der Waals surface area contributed by atoms with E-state index in [0.717, 1.165) is 10.9 Å². The number of nitrogens with one attached hydrogen (secondary N) is 1. The lowest BCUT2D eigenvalue weighted by atomic mass is 10.2. The summed E-state index contributed by atoms with van der Waals surface area (Å²) in [7, 11) is 0. The second kappa shape index (κ2) is 2.48. The third-order valence-electron chi connectivity index (χ3n) is 2.33. The first-order chi connectivity index (χ1) is 6.86. The van der Waals surface area contributed by atoms with Crippen LogP contribution in [0.3, 0.4) is 0 Å². The minimum absolute atomic E-state index is 0.104. The summed E-state index contributed by atoms with van der Waals surface area (Å²) in [5, 5.41) is 1.54. The smallest absolute Gasteiger partial charge is 0.259 e. The molecule has 1 N–H and O–H groups in total. The Morgan fingerprint density at radius 3 is 2.86 bits per heavy atom. The highest BCUT2D eigenvalue weighted by atomic mass is 16.3. The van der Waals surface area contributed by atoms with Gasteiger partial charge in [-0.2, -0.15) is 0 Å². The van der Waals surface area contributed by atoms with Gasteiger partial charge in [0.1, 0.15) is 5.58 Å². The normalized spacial score (nSPS) is 11.1. The molecule has 0 aliphatic carbocycles. The SMILES string of the molecule is O=c1[nH]c2ccccc2c2occc12. The average Bonchev–Trinajstić information content (AvgIpc) is 2.67. The Labute approximate surface area is 79.0 Å². The molecule has 0 saturated heterocycles. The minimum atomic E-state index is -0.104. The molecule has 0 atom stereocenters. The Morgan fingerprint density at radius 1 is 1.07 bits per heavy atom. The molecule has 68 valence electrons. The Hall–Kier alpha value is -2.03. The lowest BCUT2D eigenvalue weighted by molar-refractivity contribution is 0.619. The standard InChI is InChI=1S/C11H7NO2/c13-11-8-5-6-14-10(8)7-3-1-2-4-9(7)12-11/h1-6H,(H,12,13). The molecule has 0 spiro atoms. The molecule has 1 aromatic carbocycles. The fraction of sp³-hybridized carbons (Fsp3) is 0. The van der Waals surface area contributed by atoms with E-state index in [9.17, 15) is 4.79 Å². The summed E-state index contributed by atoms with van der Waals surface area (Å²) in [5.74, 6) is 0. The number of fused-ring (bicyclic) bond motifs is 3. The van der Waals surface area contributed by atoms with Crippen LogP contribution in [-0.2, 0) is 0 Å². The van der Waals surface area contributed by atoms with E-state index in [-0.39, 0.29) is 5.56 Å². The topological polar surface area (TPSA) is 46.0 Å². The molecule has 3 nitrogen and oxygen atoms in total. The fourth-order valence-electron chi connectivity index (χ4n) is 1.68. The van der Waals surface area contributed by atoms with Crippen molar-refractivity contribution in [3.8, 4) is 0 Å². The van der Waals surface area contributed by atoms with Crippen LogP contribution in [0, 0.1) is 0 Å². The Kier molecular flexibility index (Phi) is 1.31. The maximum absolute atomic E-state index is 11.5. The van der Waals surface area contributed by atoms with Gasteiger partial charge in [-0.3, -0.25) is 4.79 Å². The van der Waals surface area contributed by atoms with Crippen LogP contribution in [0.25, 0.3) is 21.9 Å². The van der Waals surface area contributed by atoms with E-state index in [4.69, 9.17) is 4.42 Å². The van der Waals surface area contributed by atoms with Gasteiger partial charge in [0.05, 0.1) is 17.2 Å². The zero-order valence-electron chi connectivity index (χ0n) is 7.28. The maximum atomic E-state index is 11.5. The van der Waals surface area contributed by atoms with Gasteiger partial charge in [-0.25, -0.2) is 0 Å². The molecule has 2 aromatic heterocycles. The number of para-hydroxylation sites is 1. The zero-order chi connectivity index (χ0) is 9.54. The van der Waals surface area contributed by atoms with Gasteiger partial charge in [0.15, 0.2) is 0 Å². The Morgan fingerprint density at radius 2 is 1.93 bits per heavy atom. The van der Waals surface area contributed by atoms with E-state index in [1.54, 1.807) is 6.07 Å². The first-order valence-electron chi connectivity index (χ1n) is 4.34. The molecule has 0 aliphatic heterocycles. The van der Waals surface area contributed by atoms with Crippen molar-refractivity contribution in [2.45, 2.75) is 0 Å². The second-order valence-electron chi connectivity index (χ2n) is 3.16. The number of hydrogen-bond acceptors (Lipinski definition) is 2. The number of aromatic nitrogens is 1. The summed E-state index contributed by atoms with van der Waals surface area (Å²) in [6.45, 7) is 0. The molecule has 0 bridgehead atoms. The Balaban J connectivity index is 2.73.